The molecule has 0 aliphatic heterocycles. The van der Waals surface area contributed by atoms with E-state index in [9.17, 15) is 9.50 Å². The summed E-state index contributed by atoms with van der Waals surface area (Å²) in [5.74, 6) is -0.374. The third-order valence-electron chi connectivity index (χ3n) is 2.53. The number of benzene rings is 1. The molecule has 3 aromatic rings. The predicted octanol–water partition coefficient (Wildman–Crippen LogP) is 2.64. The first-order valence-corrected chi connectivity index (χ1v) is 5.48. The zero-order valence-corrected chi connectivity index (χ0v) is 9.62. The maximum absolute atomic E-state index is 13.6. The average Bonchev–Trinajstić information content (AvgIpc) is 2.89. The lowest BCUT2D eigenvalue weighted by molar-refractivity contribution is 0.423. The summed E-state index contributed by atoms with van der Waals surface area (Å²) in [6, 6.07) is 9.13. The van der Waals surface area contributed by atoms with Crippen molar-refractivity contribution in [3.8, 4) is 28.7 Å². The number of rotatable bonds is 2. The van der Waals surface area contributed by atoms with Gasteiger partial charge < -0.3 is 9.63 Å². The van der Waals surface area contributed by atoms with Crippen LogP contribution in [0.15, 0.2) is 47.1 Å². The molecule has 2 heterocycles. The van der Waals surface area contributed by atoms with Crippen LogP contribution in [0, 0.1) is 5.82 Å². The van der Waals surface area contributed by atoms with E-state index in [0.29, 0.717) is 0 Å². The normalized spacial score (nSPS) is 10.6. The molecule has 2 aromatic heterocycles. The van der Waals surface area contributed by atoms with Crippen LogP contribution in [0.1, 0.15) is 0 Å². The number of hydrogen-bond donors (Lipinski definition) is 1. The zero-order valence-electron chi connectivity index (χ0n) is 9.62. The van der Waals surface area contributed by atoms with Crippen molar-refractivity contribution in [3.05, 3.63) is 48.4 Å². The first-order valence-electron chi connectivity index (χ1n) is 5.48. The molecule has 0 unspecified atom stereocenters. The number of aromatic hydroxyl groups is 1. The third-order valence-corrected chi connectivity index (χ3v) is 2.53. The van der Waals surface area contributed by atoms with E-state index in [1.807, 2.05) is 0 Å². The maximum Gasteiger partial charge on any atom is 0.280 e. The summed E-state index contributed by atoms with van der Waals surface area (Å²) in [4.78, 5) is 7.97. The van der Waals surface area contributed by atoms with Crippen LogP contribution in [0.25, 0.3) is 23.0 Å². The molecule has 6 heteroatoms. The van der Waals surface area contributed by atoms with Gasteiger partial charge in [-0.1, -0.05) is 17.3 Å². The molecular formula is C13H8FN3O2. The van der Waals surface area contributed by atoms with Crippen LogP contribution >= 0.6 is 0 Å². The van der Waals surface area contributed by atoms with Crippen LogP contribution in [0.5, 0.6) is 5.75 Å². The molecule has 94 valence electrons. The summed E-state index contributed by atoms with van der Waals surface area (Å²) in [6.07, 6.45) is 1.49. The van der Waals surface area contributed by atoms with Crippen molar-refractivity contribution in [2.45, 2.75) is 0 Å². The number of nitrogens with zero attached hydrogens (tertiary/aromatic N) is 3. The lowest BCUT2D eigenvalue weighted by atomic mass is 10.2. The van der Waals surface area contributed by atoms with Crippen LogP contribution in [0.2, 0.25) is 0 Å². The Balaban J connectivity index is 2.06. The fourth-order valence-electron chi connectivity index (χ4n) is 1.63. The van der Waals surface area contributed by atoms with E-state index in [1.165, 1.54) is 18.3 Å². The van der Waals surface area contributed by atoms with Gasteiger partial charge in [0.1, 0.15) is 11.6 Å². The quantitative estimate of drug-likeness (QED) is 0.764. The van der Waals surface area contributed by atoms with E-state index in [0.717, 1.165) is 0 Å². The van der Waals surface area contributed by atoms with Crippen LogP contribution < -0.4 is 0 Å². The van der Waals surface area contributed by atoms with Gasteiger partial charge >= 0.3 is 0 Å². The van der Waals surface area contributed by atoms with Gasteiger partial charge in [0, 0.05) is 6.20 Å². The Labute approximate surface area is 107 Å². The fraction of sp³-hybridized carbons (Fsp3) is 0. The highest BCUT2D eigenvalue weighted by Crippen LogP contribution is 2.27. The van der Waals surface area contributed by atoms with Crippen LogP contribution in [0.3, 0.4) is 0 Å². The number of halogens is 1. The monoisotopic (exact) mass is 257 g/mol. The van der Waals surface area contributed by atoms with E-state index < -0.39 is 5.82 Å². The minimum absolute atomic E-state index is 0.0383. The Bertz CT molecular complexity index is 667. The number of pyridine rings is 1. The molecule has 0 spiro atoms. The van der Waals surface area contributed by atoms with Gasteiger partial charge in [-0.2, -0.15) is 4.98 Å². The summed E-state index contributed by atoms with van der Waals surface area (Å²) in [5, 5.41) is 13.3. The summed E-state index contributed by atoms with van der Waals surface area (Å²) < 4.78 is 18.6. The van der Waals surface area contributed by atoms with Gasteiger partial charge in [-0.25, -0.2) is 9.37 Å². The lowest BCUT2D eigenvalue weighted by Gasteiger charge is -1.96. The maximum atomic E-state index is 13.6. The molecule has 0 bridgehead atoms. The Morgan fingerprint density at radius 1 is 1.11 bits per heavy atom. The minimum Gasteiger partial charge on any atom is -0.505 e. The van der Waals surface area contributed by atoms with Crippen molar-refractivity contribution in [2.24, 2.45) is 0 Å². The van der Waals surface area contributed by atoms with Gasteiger partial charge in [-0.05, 0) is 24.3 Å². The van der Waals surface area contributed by atoms with Crippen LogP contribution in [0.4, 0.5) is 4.39 Å². The molecule has 0 amide bonds. The molecular weight excluding hydrogens is 249 g/mol. The van der Waals surface area contributed by atoms with Gasteiger partial charge in [0.05, 0.1) is 5.56 Å². The molecule has 3 rings (SSSR count). The summed E-state index contributed by atoms with van der Waals surface area (Å²) >= 11 is 0. The van der Waals surface area contributed by atoms with Crippen molar-refractivity contribution in [1.29, 1.82) is 0 Å². The molecule has 1 aromatic carbocycles. The van der Waals surface area contributed by atoms with Gasteiger partial charge in [-0.3, -0.25) is 0 Å². The highest BCUT2D eigenvalue weighted by Gasteiger charge is 2.16. The van der Waals surface area contributed by atoms with Crippen molar-refractivity contribution in [1.82, 2.24) is 15.1 Å². The van der Waals surface area contributed by atoms with E-state index in [-0.39, 0.29) is 28.7 Å². The second-order valence-electron chi connectivity index (χ2n) is 3.77. The molecule has 19 heavy (non-hydrogen) atoms. The smallest absolute Gasteiger partial charge is 0.280 e. The Morgan fingerprint density at radius 3 is 2.74 bits per heavy atom. The topological polar surface area (TPSA) is 72.0 Å². The molecule has 0 aliphatic rings. The minimum atomic E-state index is -0.444. The van der Waals surface area contributed by atoms with Crippen molar-refractivity contribution >= 4 is 0 Å². The second kappa shape index (κ2) is 4.49. The molecule has 0 aliphatic carbocycles. The van der Waals surface area contributed by atoms with Crippen molar-refractivity contribution in [3.63, 3.8) is 0 Å². The van der Waals surface area contributed by atoms with E-state index in [2.05, 4.69) is 15.1 Å². The molecule has 0 radical (unpaired) electrons. The molecule has 1 N–H and O–H groups in total. The Morgan fingerprint density at radius 2 is 1.95 bits per heavy atom. The van der Waals surface area contributed by atoms with Gasteiger partial charge in [0.25, 0.3) is 5.89 Å². The highest BCUT2D eigenvalue weighted by atomic mass is 19.1. The van der Waals surface area contributed by atoms with E-state index >= 15 is 0 Å². The third kappa shape index (κ3) is 2.03. The highest BCUT2D eigenvalue weighted by molar-refractivity contribution is 5.61. The van der Waals surface area contributed by atoms with Crippen molar-refractivity contribution in [2.75, 3.05) is 0 Å². The molecule has 0 saturated carbocycles. The molecule has 0 saturated heterocycles. The van der Waals surface area contributed by atoms with Gasteiger partial charge in [0.15, 0.2) is 5.69 Å². The molecule has 0 fully saturated rings. The summed E-state index contributed by atoms with van der Waals surface area (Å²) in [6.45, 7) is 0. The van der Waals surface area contributed by atoms with Gasteiger partial charge in [0.2, 0.25) is 5.82 Å². The first kappa shape index (κ1) is 11.3. The number of aromatic nitrogens is 3. The molecule has 0 atom stereocenters. The fourth-order valence-corrected chi connectivity index (χ4v) is 1.63. The van der Waals surface area contributed by atoms with Crippen LogP contribution in [-0.2, 0) is 0 Å². The largest absolute Gasteiger partial charge is 0.505 e. The summed E-state index contributed by atoms with van der Waals surface area (Å²) in [5.41, 5.74) is 0.394. The molecule has 5 nitrogen and oxygen atoms in total. The first-order chi connectivity index (χ1) is 9.25. The average molecular weight is 257 g/mol. The Kier molecular flexibility index (Phi) is 2.68. The number of hydrogen-bond acceptors (Lipinski definition) is 5. The zero-order chi connectivity index (χ0) is 13.2. The SMILES string of the molecule is Oc1cccnc1-c1nc(-c2ccccc2F)no1. The second-order valence-corrected chi connectivity index (χ2v) is 3.77. The van der Waals surface area contributed by atoms with E-state index in [4.69, 9.17) is 4.52 Å². The van der Waals surface area contributed by atoms with Gasteiger partial charge in [-0.15, -0.1) is 0 Å². The Hall–Kier alpha value is -2.76. The summed E-state index contributed by atoms with van der Waals surface area (Å²) in [7, 11) is 0. The van der Waals surface area contributed by atoms with Crippen LogP contribution in [-0.4, -0.2) is 20.2 Å². The van der Waals surface area contributed by atoms with E-state index in [1.54, 1.807) is 24.3 Å². The standard InChI is InChI=1S/C13H8FN3O2/c14-9-5-2-1-4-8(9)12-16-13(19-17-12)11-10(18)6-3-7-15-11/h1-7,18H. The predicted molar refractivity (Wildman–Crippen MR) is 64.6 cm³/mol. The lowest BCUT2D eigenvalue weighted by Crippen LogP contribution is -1.87. The van der Waals surface area contributed by atoms with Crippen molar-refractivity contribution < 1.29 is 14.0 Å².